The Balaban J connectivity index is 1.59. The Labute approximate surface area is 162 Å². The van der Waals surface area contributed by atoms with Crippen LogP contribution in [0.4, 0.5) is 0 Å². The van der Waals surface area contributed by atoms with Gasteiger partial charge in [-0.3, -0.25) is 4.79 Å². The standard InChI is InChI=1S/C22H19N5O/c1-15-20-11-18(14-24-13-17-7-5-6-16(10-17)12-23)22(28)25-21(20)27(26-15)19-8-3-2-4-9-19/h2-11,24H,13-14H2,1H3,(H,25,28). The van der Waals surface area contributed by atoms with E-state index in [2.05, 4.69) is 21.5 Å². The third-order valence-corrected chi connectivity index (χ3v) is 4.65. The van der Waals surface area contributed by atoms with Crippen LogP contribution in [0.1, 0.15) is 22.4 Å². The van der Waals surface area contributed by atoms with Crippen molar-refractivity contribution in [2.45, 2.75) is 20.0 Å². The van der Waals surface area contributed by atoms with Crippen LogP contribution >= 0.6 is 0 Å². The maximum absolute atomic E-state index is 12.6. The fourth-order valence-corrected chi connectivity index (χ4v) is 3.24. The SMILES string of the molecule is Cc1nn(-c2ccccc2)c2[nH]c(=O)c(CNCc3cccc(C#N)c3)cc12. The molecule has 0 amide bonds. The van der Waals surface area contributed by atoms with Crippen LogP contribution < -0.4 is 10.9 Å². The number of aromatic amines is 1. The van der Waals surface area contributed by atoms with E-state index in [1.54, 1.807) is 10.7 Å². The van der Waals surface area contributed by atoms with Crippen LogP contribution in [0.15, 0.2) is 65.5 Å². The van der Waals surface area contributed by atoms with Crippen molar-refractivity contribution in [3.8, 4) is 11.8 Å². The Kier molecular flexibility index (Phi) is 4.75. The van der Waals surface area contributed by atoms with E-state index < -0.39 is 0 Å². The number of aromatic nitrogens is 3. The lowest BCUT2D eigenvalue weighted by Gasteiger charge is -2.06. The Hall–Kier alpha value is -3.69. The summed E-state index contributed by atoms with van der Waals surface area (Å²) in [6.45, 7) is 2.94. The zero-order chi connectivity index (χ0) is 19.5. The van der Waals surface area contributed by atoms with Crippen LogP contribution in [0.25, 0.3) is 16.7 Å². The molecule has 4 aromatic rings. The zero-order valence-corrected chi connectivity index (χ0v) is 15.4. The molecule has 0 aliphatic rings. The van der Waals surface area contributed by atoms with Crippen LogP contribution in [-0.2, 0) is 13.1 Å². The number of fused-ring (bicyclic) bond motifs is 1. The number of nitrogens with zero attached hydrogens (tertiary/aromatic N) is 3. The van der Waals surface area contributed by atoms with Gasteiger partial charge in [-0.25, -0.2) is 4.68 Å². The molecule has 0 aliphatic heterocycles. The van der Waals surface area contributed by atoms with Crippen LogP contribution in [0.5, 0.6) is 0 Å². The molecule has 0 radical (unpaired) electrons. The van der Waals surface area contributed by atoms with E-state index in [1.165, 1.54) is 0 Å². The van der Waals surface area contributed by atoms with Crippen molar-refractivity contribution in [1.29, 1.82) is 5.26 Å². The Morgan fingerprint density at radius 1 is 1.11 bits per heavy atom. The normalized spacial score (nSPS) is 10.9. The zero-order valence-electron chi connectivity index (χ0n) is 15.4. The van der Waals surface area contributed by atoms with Crippen molar-refractivity contribution >= 4 is 11.0 Å². The van der Waals surface area contributed by atoms with Gasteiger partial charge in [-0.1, -0.05) is 30.3 Å². The second-order valence-corrected chi connectivity index (χ2v) is 6.63. The maximum Gasteiger partial charge on any atom is 0.254 e. The summed E-state index contributed by atoms with van der Waals surface area (Å²) in [4.78, 5) is 15.6. The van der Waals surface area contributed by atoms with E-state index >= 15 is 0 Å². The lowest BCUT2D eigenvalue weighted by atomic mass is 10.1. The molecule has 28 heavy (non-hydrogen) atoms. The molecule has 0 aliphatic carbocycles. The number of pyridine rings is 1. The van der Waals surface area contributed by atoms with Gasteiger partial charge in [0, 0.05) is 24.0 Å². The molecule has 6 heteroatoms. The molecule has 4 rings (SSSR count). The number of para-hydroxylation sites is 1. The highest BCUT2D eigenvalue weighted by atomic mass is 16.1. The fourth-order valence-electron chi connectivity index (χ4n) is 3.24. The van der Waals surface area contributed by atoms with E-state index in [9.17, 15) is 4.79 Å². The predicted molar refractivity (Wildman–Crippen MR) is 108 cm³/mol. The van der Waals surface area contributed by atoms with Crippen molar-refractivity contribution in [3.63, 3.8) is 0 Å². The molecule has 0 unspecified atom stereocenters. The quantitative estimate of drug-likeness (QED) is 0.566. The summed E-state index contributed by atoms with van der Waals surface area (Å²) in [5, 5.41) is 17.8. The first-order valence-electron chi connectivity index (χ1n) is 9.02. The molecule has 0 spiro atoms. The number of aryl methyl sites for hydroxylation is 1. The van der Waals surface area contributed by atoms with Gasteiger partial charge in [-0.2, -0.15) is 10.4 Å². The predicted octanol–water partition coefficient (Wildman–Crippen LogP) is 3.18. The molecule has 2 N–H and O–H groups in total. The van der Waals surface area contributed by atoms with Gasteiger partial charge in [-0.05, 0) is 42.8 Å². The summed E-state index contributed by atoms with van der Waals surface area (Å²) in [5.74, 6) is 0. The smallest absolute Gasteiger partial charge is 0.254 e. The molecule has 6 nitrogen and oxygen atoms in total. The minimum absolute atomic E-state index is 0.136. The third-order valence-electron chi connectivity index (χ3n) is 4.65. The summed E-state index contributed by atoms with van der Waals surface area (Å²) in [6, 6.07) is 21.2. The fraction of sp³-hybridized carbons (Fsp3) is 0.136. The van der Waals surface area contributed by atoms with Crippen molar-refractivity contribution in [1.82, 2.24) is 20.1 Å². The highest BCUT2D eigenvalue weighted by molar-refractivity contribution is 5.80. The molecular formula is C22H19N5O. The summed E-state index contributed by atoms with van der Waals surface area (Å²) >= 11 is 0. The van der Waals surface area contributed by atoms with Gasteiger partial charge in [0.15, 0.2) is 0 Å². The summed E-state index contributed by atoms with van der Waals surface area (Å²) in [7, 11) is 0. The number of H-pyrrole nitrogens is 1. The number of rotatable bonds is 5. The number of nitriles is 1. The number of hydrogen-bond donors (Lipinski definition) is 2. The second-order valence-electron chi connectivity index (χ2n) is 6.63. The van der Waals surface area contributed by atoms with E-state index in [0.717, 1.165) is 22.3 Å². The molecule has 0 fully saturated rings. The van der Waals surface area contributed by atoms with E-state index in [-0.39, 0.29) is 5.56 Å². The van der Waals surface area contributed by atoms with Gasteiger partial charge in [0.05, 0.1) is 23.0 Å². The van der Waals surface area contributed by atoms with Crippen molar-refractivity contribution in [3.05, 3.63) is 93.4 Å². The minimum atomic E-state index is -0.136. The van der Waals surface area contributed by atoms with Gasteiger partial charge in [-0.15, -0.1) is 0 Å². The number of nitrogens with one attached hydrogen (secondary N) is 2. The molecule has 0 saturated carbocycles. The summed E-state index contributed by atoms with van der Waals surface area (Å²) < 4.78 is 1.76. The van der Waals surface area contributed by atoms with E-state index in [1.807, 2.05) is 61.5 Å². The van der Waals surface area contributed by atoms with Crippen molar-refractivity contribution < 1.29 is 0 Å². The highest BCUT2D eigenvalue weighted by Crippen LogP contribution is 2.19. The number of benzene rings is 2. The largest absolute Gasteiger partial charge is 0.308 e. The molecule has 0 saturated heterocycles. The van der Waals surface area contributed by atoms with Gasteiger partial charge in [0.1, 0.15) is 5.65 Å². The van der Waals surface area contributed by atoms with Gasteiger partial charge in [0.25, 0.3) is 5.56 Å². The average molecular weight is 369 g/mol. The topological polar surface area (TPSA) is 86.5 Å². The lowest BCUT2D eigenvalue weighted by molar-refractivity contribution is 0.688. The van der Waals surface area contributed by atoms with E-state index in [0.29, 0.717) is 29.9 Å². The maximum atomic E-state index is 12.6. The lowest BCUT2D eigenvalue weighted by Crippen LogP contribution is -2.21. The van der Waals surface area contributed by atoms with Crippen LogP contribution in [-0.4, -0.2) is 14.8 Å². The van der Waals surface area contributed by atoms with Crippen molar-refractivity contribution in [2.24, 2.45) is 0 Å². The molecule has 2 aromatic carbocycles. The second kappa shape index (κ2) is 7.51. The van der Waals surface area contributed by atoms with Gasteiger partial charge < -0.3 is 10.3 Å². The number of hydrogen-bond acceptors (Lipinski definition) is 4. The van der Waals surface area contributed by atoms with Gasteiger partial charge >= 0.3 is 0 Å². The van der Waals surface area contributed by atoms with E-state index in [4.69, 9.17) is 5.26 Å². The third kappa shape index (κ3) is 3.43. The molecule has 0 atom stereocenters. The molecule has 2 aromatic heterocycles. The first-order valence-corrected chi connectivity index (χ1v) is 9.02. The average Bonchev–Trinajstić information content (AvgIpc) is 3.04. The Morgan fingerprint density at radius 3 is 2.71 bits per heavy atom. The molecule has 0 bridgehead atoms. The Bertz CT molecular complexity index is 1230. The van der Waals surface area contributed by atoms with Crippen LogP contribution in [0.3, 0.4) is 0 Å². The van der Waals surface area contributed by atoms with Crippen LogP contribution in [0.2, 0.25) is 0 Å². The summed E-state index contributed by atoms with van der Waals surface area (Å²) in [6.07, 6.45) is 0. The van der Waals surface area contributed by atoms with Gasteiger partial charge in [0.2, 0.25) is 0 Å². The molecule has 138 valence electrons. The summed E-state index contributed by atoms with van der Waals surface area (Å²) in [5.41, 5.74) is 4.60. The first kappa shape index (κ1) is 17.7. The Morgan fingerprint density at radius 2 is 1.93 bits per heavy atom. The van der Waals surface area contributed by atoms with Crippen molar-refractivity contribution in [2.75, 3.05) is 0 Å². The minimum Gasteiger partial charge on any atom is -0.308 e. The highest BCUT2D eigenvalue weighted by Gasteiger charge is 2.12. The monoisotopic (exact) mass is 369 g/mol. The molecule has 2 heterocycles. The first-order chi connectivity index (χ1) is 13.7. The van der Waals surface area contributed by atoms with Crippen LogP contribution in [0, 0.1) is 18.3 Å². The molecular weight excluding hydrogens is 350 g/mol.